The molecule has 0 spiro atoms. The highest BCUT2D eigenvalue weighted by molar-refractivity contribution is 9.10. The molecule has 2 aromatic rings. The number of anilines is 1. The van der Waals surface area contributed by atoms with Crippen molar-refractivity contribution in [3.05, 3.63) is 62.8 Å². The molecule has 0 saturated heterocycles. The van der Waals surface area contributed by atoms with Crippen molar-refractivity contribution in [1.29, 1.82) is 5.26 Å². The number of carbonyl (C=O) groups excluding carboxylic acids is 1. The fourth-order valence-electron chi connectivity index (χ4n) is 1.55. The second kappa shape index (κ2) is 6.04. The van der Waals surface area contributed by atoms with Gasteiger partial charge in [0.05, 0.1) is 16.3 Å². The molecule has 100 valence electrons. The Morgan fingerprint density at radius 3 is 2.70 bits per heavy atom. The van der Waals surface area contributed by atoms with Crippen LogP contribution in [0, 0.1) is 17.1 Å². The van der Waals surface area contributed by atoms with Gasteiger partial charge in [-0.2, -0.15) is 5.26 Å². The van der Waals surface area contributed by atoms with E-state index in [0.29, 0.717) is 11.3 Å². The maximum Gasteiger partial charge on any atom is 0.255 e. The minimum Gasteiger partial charge on any atom is -0.321 e. The maximum absolute atomic E-state index is 13.3. The summed E-state index contributed by atoms with van der Waals surface area (Å²) in [4.78, 5) is 12.0. The Hall–Kier alpha value is -1.90. The van der Waals surface area contributed by atoms with Gasteiger partial charge < -0.3 is 5.32 Å². The van der Waals surface area contributed by atoms with Crippen LogP contribution in [-0.4, -0.2) is 5.91 Å². The fourth-order valence-corrected chi connectivity index (χ4v) is 2.03. The van der Waals surface area contributed by atoms with Gasteiger partial charge in [-0.3, -0.25) is 4.79 Å². The number of nitrogens with one attached hydrogen (secondary N) is 1. The normalized spacial score (nSPS) is 9.90. The molecule has 0 heterocycles. The molecule has 1 N–H and O–H groups in total. The first-order valence-corrected chi connectivity index (χ1v) is 6.64. The monoisotopic (exact) mass is 352 g/mol. The van der Waals surface area contributed by atoms with Crippen molar-refractivity contribution in [2.24, 2.45) is 0 Å². The molecule has 1 amide bonds. The molecule has 0 atom stereocenters. The summed E-state index contributed by atoms with van der Waals surface area (Å²) < 4.78 is 14.0. The number of halogens is 3. The third kappa shape index (κ3) is 3.16. The van der Waals surface area contributed by atoms with Crippen LogP contribution in [0.3, 0.4) is 0 Å². The molecule has 0 aliphatic rings. The van der Waals surface area contributed by atoms with Crippen molar-refractivity contribution in [2.45, 2.75) is 0 Å². The first-order chi connectivity index (χ1) is 9.51. The standard InChI is InChI=1S/C14H7BrClFN2O/c15-10-2-4-13(9(5-10)7-18)19-14(20)8-1-3-11(16)12(17)6-8/h1-6H,(H,19,20). The summed E-state index contributed by atoms with van der Waals surface area (Å²) in [6, 6.07) is 10.6. The van der Waals surface area contributed by atoms with Crippen molar-refractivity contribution in [3.63, 3.8) is 0 Å². The lowest BCUT2D eigenvalue weighted by atomic mass is 10.1. The number of carbonyl (C=O) groups is 1. The Morgan fingerprint density at radius 1 is 1.30 bits per heavy atom. The average molecular weight is 354 g/mol. The van der Waals surface area contributed by atoms with Gasteiger partial charge in [0.2, 0.25) is 0 Å². The smallest absolute Gasteiger partial charge is 0.255 e. The summed E-state index contributed by atoms with van der Waals surface area (Å²) in [6.45, 7) is 0. The minimum absolute atomic E-state index is 0.0529. The van der Waals surface area contributed by atoms with Crippen molar-refractivity contribution >= 4 is 39.1 Å². The van der Waals surface area contributed by atoms with Crippen LogP contribution in [0.4, 0.5) is 10.1 Å². The molecule has 2 rings (SSSR count). The highest BCUT2D eigenvalue weighted by Crippen LogP contribution is 2.22. The van der Waals surface area contributed by atoms with Gasteiger partial charge in [-0.05, 0) is 36.4 Å². The maximum atomic E-state index is 13.3. The predicted molar refractivity (Wildman–Crippen MR) is 78.2 cm³/mol. The number of benzene rings is 2. The zero-order valence-electron chi connectivity index (χ0n) is 9.95. The van der Waals surface area contributed by atoms with Crippen LogP contribution in [0.15, 0.2) is 40.9 Å². The second-order valence-corrected chi connectivity index (χ2v) is 5.21. The Labute approximate surface area is 128 Å². The molecule has 20 heavy (non-hydrogen) atoms. The van der Waals surface area contributed by atoms with Crippen molar-refractivity contribution in [1.82, 2.24) is 0 Å². The summed E-state index contributed by atoms with van der Waals surface area (Å²) in [5, 5.41) is 11.5. The van der Waals surface area contributed by atoms with E-state index in [1.807, 2.05) is 6.07 Å². The van der Waals surface area contributed by atoms with Crippen LogP contribution in [0.25, 0.3) is 0 Å². The highest BCUT2D eigenvalue weighted by atomic mass is 79.9. The Balaban J connectivity index is 2.28. The third-order valence-corrected chi connectivity index (χ3v) is 3.33. The molecule has 0 radical (unpaired) electrons. The topological polar surface area (TPSA) is 52.9 Å². The van der Waals surface area contributed by atoms with Gasteiger partial charge in [0.15, 0.2) is 0 Å². The number of hydrogen-bond donors (Lipinski definition) is 1. The van der Waals surface area contributed by atoms with Gasteiger partial charge in [0.25, 0.3) is 5.91 Å². The van der Waals surface area contributed by atoms with Gasteiger partial charge in [-0.15, -0.1) is 0 Å². The summed E-state index contributed by atoms with van der Waals surface area (Å²) in [5.41, 5.74) is 0.789. The number of amides is 1. The molecule has 0 aliphatic heterocycles. The summed E-state index contributed by atoms with van der Waals surface area (Å²) in [7, 11) is 0. The molecule has 0 aliphatic carbocycles. The van der Waals surface area contributed by atoms with E-state index in [9.17, 15) is 9.18 Å². The lowest BCUT2D eigenvalue weighted by Crippen LogP contribution is -2.13. The second-order valence-electron chi connectivity index (χ2n) is 3.88. The summed E-state index contributed by atoms with van der Waals surface area (Å²) in [6.07, 6.45) is 0. The van der Waals surface area contributed by atoms with Crippen LogP contribution in [0.2, 0.25) is 5.02 Å². The molecule has 0 aromatic heterocycles. The van der Waals surface area contributed by atoms with Gasteiger partial charge in [-0.25, -0.2) is 4.39 Å². The van der Waals surface area contributed by atoms with Crippen LogP contribution in [0.1, 0.15) is 15.9 Å². The predicted octanol–water partition coefficient (Wildman–Crippen LogP) is 4.37. The molecule has 0 saturated carbocycles. The van der Waals surface area contributed by atoms with Gasteiger partial charge in [-0.1, -0.05) is 27.5 Å². The minimum atomic E-state index is -0.671. The van der Waals surface area contributed by atoms with Gasteiger partial charge in [0, 0.05) is 10.0 Å². The molecule has 0 unspecified atom stereocenters. The van der Waals surface area contributed by atoms with E-state index in [0.717, 1.165) is 10.5 Å². The van der Waals surface area contributed by atoms with Crippen molar-refractivity contribution < 1.29 is 9.18 Å². The lowest BCUT2D eigenvalue weighted by Gasteiger charge is -2.07. The van der Waals surface area contributed by atoms with E-state index in [-0.39, 0.29) is 10.6 Å². The van der Waals surface area contributed by atoms with E-state index in [1.165, 1.54) is 12.1 Å². The Morgan fingerprint density at radius 2 is 2.05 bits per heavy atom. The SMILES string of the molecule is N#Cc1cc(Br)ccc1NC(=O)c1ccc(Cl)c(F)c1. The Kier molecular flexibility index (Phi) is 4.38. The average Bonchev–Trinajstić information content (AvgIpc) is 2.43. The molecule has 3 nitrogen and oxygen atoms in total. The largest absolute Gasteiger partial charge is 0.321 e. The quantitative estimate of drug-likeness (QED) is 0.872. The highest BCUT2D eigenvalue weighted by Gasteiger charge is 2.11. The molecular formula is C14H7BrClFN2O. The van der Waals surface area contributed by atoms with Crippen LogP contribution < -0.4 is 5.32 Å². The summed E-state index contributed by atoms with van der Waals surface area (Å²) >= 11 is 8.79. The van der Waals surface area contributed by atoms with E-state index in [2.05, 4.69) is 21.2 Å². The lowest BCUT2D eigenvalue weighted by molar-refractivity contribution is 0.102. The molecule has 0 bridgehead atoms. The first-order valence-electron chi connectivity index (χ1n) is 5.47. The number of rotatable bonds is 2. The van der Waals surface area contributed by atoms with E-state index < -0.39 is 11.7 Å². The number of nitrogens with zero attached hydrogens (tertiary/aromatic N) is 1. The zero-order valence-corrected chi connectivity index (χ0v) is 12.3. The number of nitriles is 1. The third-order valence-electron chi connectivity index (χ3n) is 2.53. The van der Waals surface area contributed by atoms with Crippen molar-refractivity contribution in [3.8, 4) is 6.07 Å². The zero-order chi connectivity index (χ0) is 14.7. The Bertz CT molecular complexity index is 728. The van der Waals surface area contributed by atoms with Gasteiger partial charge in [0.1, 0.15) is 11.9 Å². The van der Waals surface area contributed by atoms with Crippen LogP contribution in [0.5, 0.6) is 0 Å². The molecular weight excluding hydrogens is 347 g/mol. The van der Waals surface area contributed by atoms with Crippen LogP contribution >= 0.6 is 27.5 Å². The first kappa shape index (κ1) is 14.5. The van der Waals surface area contributed by atoms with E-state index >= 15 is 0 Å². The molecule has 0 fully saturated rings. The molecule has 6 heteroatoms. The van der Waals surface area contributed by atoms with Crippen molar-refractivity contribution in [2.75, 3.05) is 5.32 Å². The van der Waals surface area contributed by atoms with E-state index in [4.69, 9.17) is 16.9 Å². The van der Waals surface area contributed by atoms with Crippen LogP contribution in [-0.2, 0) is 0 Å². The number of hydrogen-bond acceptors (Lipinski definition) is 2. The fraction of sp³-hybridized carbons (Fsp3) is 0. The molecule has 2 aromatic carbocycles. The van der Waals surface area contributed by atoms with Gasteiger partial charge >= 0.3 is 0 Å². The summed E-state index contributed by atoms with van der Waals surface area (Å²) in [5.74, 6) is -1.19. The van der Waals surface area contributed by atoms with E-state index in [1.54, 1.807) is 18.2 Å².